The van der Waals surface area contributed by atoms with Gasteiger partial charge in [-0.05, 0) is 64.2 Å². The van der Waals surface area contributed by atoms with E-state index in [0.717, 1.165) is 116 Å². The van der Waals surface area contributed by atoms with Gasteiger partial charge in [-0.2, -0.15) is 0 Å². The number of carbonyl (C=O) groups is 4. The molecule has 0 saturated heterocycles. The van der Waals surface area contributed by atoms with Crippen molar-refractivity contribution < 1.29 is 33.8 Å². The number of hydrogen-bond acceptors (Lipinski definition) is 6. The maximum Gasteiger partial charge on any atom is 0.306 e. The number of aliphatic carboxylic acids is 1. The molecule has 0 aliphatic heterocycles. The summed E-state index contributed by atoms with van der Waals surface area (Å²) in [4.78, 5) is 49.9. The molecule has 8 nitrogen and oxygen atoms in total. The van der Waals surface area contributed by atoms with Crippen LogP contribution >= 0.6 is 0 Å². The molecule has 0 rings (SSSR count). The van der Waals surface area contributed by atoms with Crippen molar-refractivity contribution in [2.45, 2.75) is 207 Å². The first kappa shape index (κ1) is 43.9. The Morgan fingerprint density at radius 3 is 1.26 bits per heavy atom. The van der Waals surface area contributed by atoms with Gasteiger partial charge in [-0.1, -0.05) is 105 Å². The highest BCUT2D eigenvalue weighted by Gasteiger charge is 2.15. The molecule has 0 aliphatic carbocycles. The predicted octanol–water partition coefficient (Wildman–Crippen LogP) is 9.95. The molecule has 2 atom stereocenters. The lowest BCUT2D eigenvalue weighted by Crippen LogP contribution is -2.33. The van der Waals surface area contributed by atoms with Crippen LogP contribution < -0.4 is 0 Å². The van der Waals surface area contributed by atoms with E-state index in [1.807, 2.05) is 4.90 Å². The molecule has 0 aliphatic rings. The predicted molar refractivity (Wildman–Crippen MR) is 187 cm³/mol. The zero-order valence-electron chi connectivity index (χ0n) is 30.3. The summed E-state index contributed by atoms with van der Waals surface area (Å²) in [6.07, 6.45) is 23.4. The summed E-state index contributed by atoms with van der Waals surface area (Å²) >= 11 is 0. The van der Waals surface area contributed by atoms with Crippen LogP contribution in [0, 0.1) is 0 Å². The van der Waals surface area contributed by atoms with E-state index >= 15 is 0 Å². The van der Waals surface area contributed by atoms with E-state index in [9.17, 15) is 19.2 Å². The number of carboxylic acids is 1. The molecule has 1 N–H and O–H groups in total. The van der Waals surface area contributed by atoms with Gasteiger partial charge in [-0.25, -0.2) is 0 Å². The van der Waals surface area contributed by atoms with E-state index in [2.05, 4.69) is 27.7 Å². The molecule has 0 saturated carbocycles. The van der Waals surface area contributed by atoms with Gasteiger partial charge in [0.2, 0.25) is 5.91 Å². The Bertz CT molecular complexity index is 724. The Morgan fingerprint density at radius 2 is 0.891 bits per heavy atom. The molecule has 0 aromatic carbocycles. The highest BCUT2D eigenvalue weighted by molar-refractivity contribution is 5.80. The lowest BCUT2D eigenvalue weighted by molar-refractivity contribution is -0.150. The van der Waals surface area contributed by atoms with Crippen LogP contribution in [-0.4, -0.2) is 59.1 Å². The summed E-state index contributed by atoms with van der Waals surface area (Å²) in [6, 6.07) is 0. The van der Waals surface area contributed by atoms with Crippen molar-refractivity contribution in [1.29, 1.82) is 0 Å². The second-order valence-corrected chi connectivity index (χ2v) is 13.0. The van der Waals surface area contributed by atoms with Gasteiger partial charge in [0.25, 0.3) is 0 Å². The van der Waals surface area contributed by atoms with Gasteiger partial charge in [0.05, 0.1) is 6.42 Å². The molecule has 0 aromatic heterocycles. The highest BCUT2D eigenvalue weighted by Crippen LogP contribution is 2.16. The molecule has 0 spiro atoms. The van der Waals surface area contributed by atoms with Crippen molar-refractivity contribution in [1.82, 2.24) is 4.90 Å². The molecule has 0 fully saturated rings. The van der Waals surface area contributed by atoms with E-state index in [1.165, 1.54) is 25.7 Å². The molecule has 8 heteroatoms. The molecule has 0 heterocycles. The first-order chi connectivity index (χ1) is 22.3. The summed E-state index contributed by atoms with van der Waals surface area (Å²) in [7, 11) is 0. The second kappa shape index (κ2) is 31.5. The largest absolute Gasteiger partial charge is 0.481 e. The number of hydrogen-bond donors (Lipinski definition) is 1. The van der Waals surface area contributed by atoms with E-state index < -0.39 is 5.97 Å². The molecule has 0 radical (unpaired) electrons. The summed E-state index contributed by atoms with van der Waals surface area (Å²) in [5, 5.41) is 9.02. The SMILES string of the molecule is CCCCCC(CC)OC(=O)CCCCCCCCN(CCCCCCCCC(=O)OC(CC)CCCCC)C(=O)CCC(=O)O. The van der Waals surface area contributed by atoms with Gasteiger partial charge in [-0.15, -0.1) is 0 Å². The zero-order chi connectivity index (χ0) is 34.3. The maximum atomic E-state index is 12.7. The monoisotopic (exact) mass is 654 g/mol. The van der Waals surface area contributed by atoms with Gasteiger partial charge in [0.15, 0.2) is 0 Å². The Hall–Kier alpha value is -2.12. The first-order valence-electron chi connectivity index (χ1n) is 19.2. The standard InChI is InChI=1S/C38H71NO7/c1-5-9-19-25-33(7-3)45-37(43)27-21-15-11-13-17-23-31-39(35(40)29-30-36(41)42)32-24-18-14-12-16-22-28-38(44)46-34(8-4)26-20-10-6-2/h33-34H,5-32H2,1-4H3,(H,41,42). The molecule has 2 unspecified atom stereocenters. The molecule has 46 heavy (non-hydrogen) atoms. The number of carboxylic acid groups (broad SMARTS) is 1. The van der Waals surface area contributed by atoms with Crippen LogP contribution in [0.4, 0.5) is 0 Å². The number of nitrogens with zero attached hydrogens (tertiary/aromatic N) is 1. The fourth-order valence-corrected chi connectivity index (χ4v) is 5.72. The Labute approximate surface area is 282 Å². The van der Waals surface area contributed by atoms with Gasteiger partial charge in [0.1, 0.15) is 12.2 Å². The average Bonchev–Trinajstić information content (AvgIpc) is 3.04. The molecular formula is C38H71NO7. The quantitative estimate of drug-likeness (QED) is 0.0554. The van der Waals surface area contributed by atoms with E-state index in [1.54, 1.807) is 0 Å². The second-order valence-electron chi connectivity index (χ2n) is 13.0. The third kappa shape index (κ3) is 27.0. The Balaban J connectivity index is 4.14. The molecular weight excluding hydrogens is 582 g/mol. The third-order valence-corrected chi connectivity index (χ3v) is 8.79. The third-order valence-electron chi connectivity index (χ3n) is 8.79. The zero-order valence-corrected chi connectivity index (χ0v) is 30.3. The summed E-state index contributed by atoms with van der Waals surface area (Å²) in [5.41, 5.74) is 0. The van der Waals surface area contributed by atoms with Gasteiger partial charge >= 0.3 is 17.9 Å². The molecule has 1 amide bonds. The summed E-state index contributed by atoms with van der Waals surface area (Å²) in [6.45, 7) is 9.84. The maximum absolute atomic E-state index is 12.7. The number of unbranched alkanes of at least 4 members (excludes halogenated alkanes) is 14. The normalized spacial score (nSPS) is 12.4. The minimum absolute atomic E-state index is 0.0521. The van der Waals surface area contributed by atoms with Crippen molar-refractivity contribution in [3.8, 4) is 0 Å². The van der Waals surface area contributed by atoms with Crippen LogP contribution in [0.1, 0.15) is 195 Å². The van der Waals surface area contributed by atoms with Crippen LogP contribution in [0.2, 0.25) is 0 Å². The molecule has 0 bridgehead atoms. The number of esters is 2. The molecule has 270 valence electrons. The summed E-state index contributed by atoms with van der Waals surface area (Å²) < 4.78 is 11.3. The minimum atomic E-state index is -0.940. The first-order valence-corrected chi connectivity index (χ1v) is 19.2. The highest BCUT2D eigenvalue weighted by atomic mass is 16.5. The average molecular weight is 654 g/mol. The van der Waals surface area contributed by atoms with Crippen LogP contribution in [0.3, 0.4) is 0 Å². The van der Waals surface area contributed by atoms with E-state index in [4.69, 9.17) is 14.6 Å². The lowest BCUT2D eigenvalue weighted by atomic mass is 10.1. The van der Waals surface area contributed by atoms with Crippen molar-refractivity contribution >= 4 is 23.8 Å². The van der Waals surface area contributed by atoms with Gasteiger partial charge in [-0.3, -0.25) is 19.2 Å². The van der Waals surface area contributed by atoms with Crippen LogP contribution in [0.25, 0.3) is 0 Å². The number of ether oxygens (including phenoxy) is 2. The van der Waals surface area contributed by atoms with Crippen LogP contribution in [-0.2, 0) is 28.7 Å². The summed E-state index contributed by atoms with van der Waals surface area (Å²) in [5.74, 6) is -1.15. The van der Waals surface area contributed by atoms with Crippen molar-refractivity contribution in [2.24, 2.45) is 0 Å². The van der Waals surface area contributed by atoms with Crippen molar-refractivity contribution in [3.05, 3.63) is 0 Å². The van der Waals surface area contributed by atoms with Gasteiger partial charge in [0, 0.05) is 32.4 Å². The fourth-order valence-electron chi connectivity index (χ4n) is 5.72. The van der Waals surface area contributed by atoms with E-state index in [0.29, 0.717) is 25.9 Å². The fraction of sp³-hybridized carbons (Fsp3) is 0.895. The molecule has 0 aromatic rings. The van der Waals surface area contributed by atoms with Crippen LogP contribution in [0.5, 0.6) is 0 Å². The number of carbonyl (C=O) groups excluding carboxylic acids is 3. The number of rotatable bonds is 33. The van der Waals surface area contributed by atoms with Gasteiger partial charge < -0.3 is 19.5 Å². The smallest absolute Gasteiger partial charge is 0.306 e. The Kier molecular flexibility index (Phi) is 30.0. The van der Waals surface area contributed by atoms with Crippen LogP contribution in [0.15, 0.2) is 0 Å². The van der Waals surface area contributed by atoms with Crippen molar-refractivity contribution in [3.63, 3.8) is 0 Å². The lowest BCUT2D eigenvalue weighted by Gasteiger charge is -2.22. The van der Waals surface area contributed by atoms with E-state index in [-0.39, 0.29) is 42.9 Å². The van der Waals surface area contributed by atoms with Crippen molar-refractivity contribution in [2.75, 3.05) is 13.1 Å². The minimum Gasteiger partial charge on any atom is -0.481 e. The number of amides is 1. The topological polar surface area (TPSA) is 110 Å². The Morgan fingerprint density at radius 1 is 0.500 bits per heavy atom.